The monoisotopic (exact) mass is 493 g/mol. The minimum absolute atomic E-state index is 0.151. The highest BCUT2D eigenvalue weighted by atomic mass is 35.5. The topological polar surface area (TPSA) is 39.7 Å². The summed E-state index contributed by atoms with van der Waals surface area (Å²) >= 11 is 6.35. The Morgan fingerprint density at radius 1 is 1.00 bits per heavy atom. The molecule has 5 heteroatoms. The highest BCUT2D eigenvalue weighted by Gasteiger charge is 2.45. The van der Waals surface area contributed by atoms with Crippen LogP contribution in [0.15, 0.2) is 66.7 Å². The molecule has 4 nitrogen and oxygen atoms in total. The van der Waals surface area contributed by atoms with E-state index in [2.05, 4.69) is 62.5 Å². The van der Waals surface area contributed by atoms with Crippen LogP contribution in [0.25, 0.3) is 0 Å². The molecule has 2 atom stereocenters. The van der Waals surface area contributed by atoms with Gasteiger partial charge in [0, 0.05) is 29.9 Å². The van der Waals surface area contributed by atoms with Crippen LogP contribution in [-0.2, 0) is 28.0 Å². The number of benzene rings is 3. The van der Waals surface area contributed by atoms with Crippen molar-refractivity contribution in [3.63, 3.8) is 0 Å². The van der Waals surface area contributed by atoms with Gasteiger partial charge in [0.1, 0.15) is 23.6 Å². The molecule has 0 aromatic heterocycles. The van der Waals surface area contributed by atoms with Crippen LogP contribution >= 0.6 is 11.6 Å². The molecule has 0 spiro atoms. The van der Waals surface area contributed by atoms with Crippen molar-refractivity contribution in [3.05, 3.63) is 94.0 Å². The van der Waals surface area contributed by atoms with Crippen LogP contribution < -0.4 is 10.1 Å². The second-order valence-electron chi connectivity index (χ2n) is 10.7. The summed E-state index contributed by atoms with van der Waals surface area (Å²) in [6.45, 7) is 11.9. The molecule has 1 aliphatic heterocycles. The molecule has 1 aliphatic rings. The van der Waals surface area contributed by atoms with E-state index in [0.29, 0.717) is 11.6 Å². The van der Waals surface area contributed by atoms with Crippen molar-refractivity contribution in [2.45, 2.75) is 71.0 Å². The van der Waals surface area contributed by atoms with Crippen LogP contribution in [0.3, 0.4) is 0 Å². The Morgan fingerprint density at radius 3 is 2.37 bits per heavy atom. The van der Waals surface area contributed by atoms with Crippen LogP contribution in [0.1, 0.15) is 63.0 Å². The Bertz CT molecular complexity index is 1150. The fourth-order valence-corrected chi connectivity index (χ4v) is 4.69. The maximum Gasteiger partial charge on any atom is 0.132 e. The second-order valence-corrected chi connectivity index (χ2v) is 11.1. The normalized spacial score (nSPS) is 19.1. The molecule has 0 saturated carbocycles. The van der Waals surface area contributed by atoms with Gasteiger partial charge in [-0.3, -0.25) is 0 Å². The smallest absolute Gasteiger partial charge is 0.132 e. The lowest BCUT2D eigenvalue weighted by Gasteiger charge is -2.44. The molecule has 0 radical (unpaired) electrons. The number of methoxy groups -OCH3 is 1. The number of anilines is 1. The summed E-state index contributed by atoms with van der Waals surface area (Å²) in [6.07, 6.45) is -0.583. The van der Waals surface area contributed by atoms with Gasteiger partial charge in [0.2, 0.25) is 0 Å². The number of halogens is 1. The van der Waals surface area contributed by atoms with E-state index in [0.717, 1.165) is 29.1 Å². The molecular formula is C30H36ClNO3. The molecular weight excluding hydrogens is 458 g/mol. The van der Waals surface area contributed by atoms with Crippen LogP contribution in [-0.4, -0.2) is 18.8 Å². The zero-order chi connectivity index (χ0) is 25.2. The highest BCUT2D eigenvalue weighted by Crippen LogP contribution is 2.44. The first kappa shape index (κ1) is 25.6. The average molecular weight is 494 g/mol. The van der Waals surface area contributed by atoms with Gasteiger partial charge in [0.05, 0.1) is 6.61 Å². The summed E-state index contributed by atoms with van der Waals surface area (Å²) in [5, 5.41) is 4.24. The maximum absolute atomic E-state index is 6.38. The fourth-order valence-electron chi connectivity index (χ4n) is 4.50. The molecule has 35 heavy (non-hydrogen) atoms. The summed E-state index contributed by atoms with van der Waals surface area (Å²) in [6, 6.07) is 22.7. The van der Waals surface area contributed by atoms with E-state index in [1.54, 1.807) is 7.11 Å². The third kappa shape index (κ3) is 5.83. The SMILES string of the molecule is COC1c2cc(NCc3ccc(C(C)(C)C)cc3)ccc2OC(C)(C)C1OCc1ccccc1Cl. The van der Waals surface area contributed by atoms with Gasteiger partial charge in [-0.1, -0.05) is 74.8 Å². The molecule has 3 aromatic carbocycles. The Morgan fingerprint density at radius 2 is 1.71 bits per heavy atom. The first-order valence-corrected chi connectivity index (χ1v) is 12.5. The molecule has 0 bridgehead atoms. The number of rotatable bonds is 7. The zero-order valence-electron chi connectivity index (χ0n) is 21.5. The number of nitrogens with one attached hydrogen (secondary N) is 1. The summed E-state index contributed by atoms with van der Waals surface area (Å²) in [5.74, 6) is 0.819. The molecule has 1 heterocycles. The molecule has 0 aliphatic carbocycles. The van der Waals surface area contributed by atoms with Crippen LogP contribution in [0.5, 0.6) is 5.75 Å². The summed E-state index contributed by atoms with van der Waals surface area (Å²) in [5.41, 5.74) is 5.08. The molecule has 3 aromatic rings. The Kier molecular flexibility index (Phi) is 7.46. The molecule has 0 saturated heterocycles. The van der Waals surface area contributed by atoms with E-state index >= 15 is 0 Å². The third-order valence-corrected chi connectivity index (χ3v) is 6.96. The molecule has 2 unspecified atom stereocenters. The molecule has 0 amide bonds. The van der Waals surface area contributed by atoms with Crippen LogP contribution in [0.2, 0.25) is 5.02 Å². The summed E-state index contributed by atoms with van der Waals surface area (Å²) in [7, 11) is 1.72. The van der Waals surface area contributed by atoms with Crippen molar-refractivity contribution in [2.24, 2.45) is 0 Å². The van der Waals surface area contributed by atoms with E-state index in [4.69, 9.17) is 25.8 Å². The largest absolute Gasteiger partial charge is 0.485 e. The number of hydrogen-bond donors (Lipinski definition) is 1. The Labute approximate surface area is 214 Å². The second kappa shape index (κ2) is 10.2. The van der Waals surface area contributed by atoms with Crippen molar-refractivity contribution >= 4 is 17.3 Å². The molecule has 4 rings (SSSR count). The van der Waals surface area contributed by atoms with Crippen molar-refractivity contribution in [1.29, 1.82) is 0 Å². The summed E-state index contributed by atoms with van der Waals surface area (Å²) < 4.78 is 18.7. The Balaban J connectivity index is 1.51. The number of fused-ring (bicyclic) bond motifs is 1. The van der Waals surface area contributed by atoms with E-state index in [-0.39, 0.29) is 17.6 Å². The van der Waals surface area contributed by atoms with Crippen LogP contribution in [0, 0.1) is 0 Å². The number of ether oxygens (including phenoxy) is 3. The number of hydrogen-bond acceptors (Lipinski definition) is 4. The fraction of sp³-hybridized carbons (Fsp3) is 0.400. The molecule has 186 valence electrons. The predicted molar refractivity (Wildman–Crippen MR) is 143 cm³/mol. The predicted octanol–water partition coefficient (Wildman–Crippen LogP) is 7.69. The first-order valence-electron chi connectivity index (χ1n) is 12.1. The van der Waals surface area contributed by atoms with E-state index in [9.17, 15) is 0 Å². The highest BCUT2D eigenvalue weighted by molar-refractivity contribution is 6.31. The van der Waals surface area contributed by atoms with E-state index < -0.39 is 5.60 Å². The van der Waals surface area contributed by atoms with Gasteiger partial charge in [-0.15, -0.1) is 0 Å². The maximum atomic E-state index is 6.38. The zero-order valence-corrected chi connectivity index (χ0v) is 22.3. The van der Waals surface area contributed by atoms with Crippen molar-refractivity contribution in [2.75, 3.05) is 12.4 Å². The van der Waals surface area contributed by atoms with Crippen molar-refractivity contribution < 1.29 is 14.2 Å². The Hall–Kier alpha value is -2.53. The van der Waals surface area contributed by atoms with Gasteiger partial charge in [-0.05, 0) is 60.2 Å². The molecule has 0 fully saturated rings. The summed E-state index contributed by atoms with van der Waals surface area (Å²) in [4.78, 5) is 0. The van der Waals surface area contributed by atoms with Crippen LogP contribution in [0.4, 0.5) is 5.69 Å². The van der Waals surface area contributed by atoms with Gasteiger partial charge in [-0.2, -0.15) is 0 Å². The van der Waals surface area contributed by atoms with Gasteiger partial charge in [-0.25, -0.2) is 0 Å². The average Bonchev–Trinajstić information content (AvgIpc) is 2.81. The lowest BCUT2D eigenvalue weighted by atomic mass is 9.87. The van der Waals surface area contributed by atoms with Gasteiger partial charge >= 0.3 is 0 Å². The van der Waals surface area contributed by atoms with Gasteiger partial charge in [0.15, 0.2) is 0 Å². The van der Waals surface area contributed by atoms with Gasteiger partial charge < -0.3 is 19.5 Å². The van der Waals surface area contributed by atoms with Gasteiger partial charge in [0.25, 0.3) is 0 Å². The quantitative estimate of drug-likeness (QED) is 0.366. The lowest BCUT2D eigenvalue weighted by Crippen LogP contribution is -2.50. The lowest BCUT2D eigenvalue weighted by molar-refractivity contribution is -0.159. The van der Waals surface area contributed by atoms with Crippen molar-refractivity contribution in [1.82, 2.24) is 0 Å². The minimum atomic E-state index is -0.571. The first-order chi connectivity index (χ1) is 16.6. The minimum Gasteiger partial charge on any atom is -0.485 e. The van der Waals surface area contributed by atoms with E-state index in [1.165, 1.54) is 11.1 Å². The van der Waals surface area contributed by atoms with E-state index in [1.807, 2.05) is 44.2 Å². The third-order valence-electron chi connectivity index (χ3n) is 6.60. The van der Waals surface area contributed by atoms with Crippen molar-refractivity contribution in [3.8, 4) is 5.75 Å². The standard InChI is InChI=1S/C30H36ClNO3/c1-29(2,3)22-13-11-20(12-14-22)18-32-23-15-16-26-24(17-23)27(33-6)28(30(4,5)35-26)34-19-21-9-7-8-10-25(21)31/h7-17,27-28,32H,18-19H2,1-6H3. The molecule has 1 N–H and O–H groups in total.